The van der Waals surface area contributed by atoms with Crippen LogP contribution in [0.3, 0.4) is 0 Å². The van der Waals surface area contributed by atoms with E-state index in [2.05, 4.69) is 17.6 Å². The lowest BCUT2D eigenvalue weighted by atomic mass is 9.98. The van der Waals surface area contributed by atoms with Crippen molar-refractivity contribution in [1.29, 1.82) is 0 Å². The Morgan fingerprint density at radius 2 is 2.05 bits per heavy atom. The lowest BCUT2D eigenvalue weighted by molar-refractivity contribution is 0.371. The number of piperidine rings is 1. The van der Waals surface area contributed by atoms with Gasteiger partial charge in [-0.25, -0.2) is 0 Å². The van der Waals surface area contributed by atoms with Crippen LogP contribution < -0.4 is 10.6 Å². The van der Waals surface area contributed by atoms with E-state index in [1.165, 1.54) is 19.3 Å². The minimum atomic E-state index is -0.0597. The third-order valence-electron chi connectivity index (χ3n) is 3.48. The maximum Gasteiger partial charge on any atom is 0.152 e. The molecule has 3 nitrogen and oxygen atoms in total. The lowest BCUT2D eigenvalue weighted by Gasteiger charge is -2.27. The first kappa shape index (κ1) is 14.8. The zero-order valence-electron chi connectivity index (χ0n) is 11.0. The highest BCUT2D eigenvalue weighted by Crippen LogP contribution is 2.34. The number of anilines is 1. The van der Waals surface area contributed by atoms with Crippen molar-refractivity contribution in [1.82, 2.24) is 5.32 Å². The first-order valence-electron chi connectivity index (χ1n) is 6.74. The fourth-order valence-electron chi connectivity index (χ4n) is 2.54. The van der Waals surface area contributed by atoms with Crippen LogP contribution in [0.5, 0.6) is 5.75 Å². The van der Waals surface area contributed by atoms with Gasteiger partial charge in [0.1, 0.15) is 0 Å². The third-order valence-corrected chi connectivity index (χ3v) is 4.06. The van der Waals surface area contributed by atoms with E-state index in [0.717, 1.165) is 18.7 Å². The normalized spacial score (nSPS) is 21.1. The predicted molar refractivity (Wildman–Crippen MR) is 81.5 cm³/mol. The van der Waals surface area contributed by atoms with Gasteiger partial charge in [-0.15, -0.1) is 0 Å². The molecule has 1 saturated heterocycles. The molecular formula is C14H20Cl2N2O. The quantitative estimate of drug-likeness (QED) is 0.736. The van der Waals surface area contributed by atoms with Gasteiger partial charge >= 0.3 is 0 Å². The smallest absolute Gasteiger partial charge is 0.152 e. The second kappa shape index (κ2) is 6.69. The van der Waals surface area contributed by atoms with Crippen molar-refractivity contribution in [3.05, 3.63) is 22.2 Å². The van der Waals surface area contributed by atoms with Crippen molar-refractivity contribution >= 4 is 28.9 Å². The van der Waals surface area contributed by atoms with E-state index in [0.29, 0.717) is 12.1 Å². The topological polar surface area (TPSA) is 44.3 Å². The number of halogens is 2. The minimum Gasteiger partial charge on any atom is -0.505 e. The standard InChI is InChI=1S/C14H20Cl2N2O/c1-9(6-10-4-2-3-5-17-10)18-11-7-12(15)14(19)13(16)8-11/h7-10,17-19H,2-6H2,1H3. The summed E-state index contributed by atoms with van der Waals surface area (Å²) in [6, 6.07) is 4.31. The van der Waals surface area contributed by atoms with Crippen molar-refractivity contribution in [3.8, 4) is 5.75 Å². The zero-order valence-corrected chi connectivity index (χ0v) is 12.6. The van der Waals surface area contributed by atoms with Gasteiger partial charge in [0.2, 0.25) is 0 Å². The lowest BCUT2D eigenvalue weighted by Crippen LogP contribution is -2.37. The zero-order chi connectivity index (χ0) is 13.8. The van der Waals surface area contributed by atoms with Crippen molar-refractivity contribution in [2.24, 2.45) is 0 Å². The maximum atomic E-state index is 9.52. The first-order chi connectivity index (χ1) is 9.06. The molecule has 0 bridgehead atoms. The molecule has 3 N–H and O–H groups in total. The SMILES string of the molecule is CC(CC1CCCCN1)Nc1cc(Cl)c(O)c(Cl)c1. The van der Waals surface area contributed by atoms with Crippen LogP contribution in [0, 0.1) is 0 Å². The Hall–Kier alpha value is -0.640. The van der Waals surface area contributed by atoms with E-state index in [9.17, 15) is 5.11 Å². The summed E-state index contributed by atoms with van der Waals surface area (Å²) in [6.45, 7) is 3.26. The van der Waals surface area contributed by atoms with E-state index in [-0.39, 0.29) is 15.8 Å². The number of phenolic OH excluding ortho intramolecular Hbond substituents is 1. The Morgan fingerprint density at radius 3 is 2.63 bits per heavy atom. The van der Waals surface area contributed by atoms with Crippen LogP contribution >= 0.6 is 23.2 Å². The number of benzene rings is 1. The van der Waals surface area contributed by atoms with Crippen LogP contribution in [-0.4, -0.2) is 23.7 Å². The summed E-state index contributed by atoms with van der Waals surface area (Å²) in [5.41, 5.74) is 0.844. The number of rotatable bonds is 4. The van der Waals surface area contributed by atoms with Crippen molar-refractivity contribution in [2.45, 2.75) is 44.7 Å². The molecule has 5 heteroatoms. The maximum absolute atomic E-state index is 9.52. The number of hydrogen-bond acceptors (Lipinski definition) is 3. The molecule has 0 spiro atoms. The largest absolute Gasteiger partial charge is 0.505 e. The second-order valence-corrected chi connectivity index (χ2v) is 6.03. The summed E-state index contributed by atoms with van der Waals surface area (Å²) in [5, 5.41) is 17.0. The Kier molecular flexibility index (Phi) is 5.20. The molecule has 1 aromatic carbocycles. The number of aromatic hydroxyl groups is 1. The molecule has 1 aliphatic rings. The average Bonchev–Trinajstić information content (AvgIpc) is 2.37. The molecule has 2 atom stereocenters. The Labute approximate surface area is 124 Å². The van der Waals surface area contributed by atoms with Gasteiger partial charge in [-0.1, -0.05) is 29.6 Å². The summed E-state index contributed by atoms with van der Waals surface area (Å²) >= 11 is 11.8. The molecule has 1 aromatic rings. The molecule has 19 heavy (non-hydrogen) atoms. The van der Waals surface area contributed by atoms with E-state index >= 15 is 0 Å². The summed E-state index contributed by atoms with van der Waals surface area (Å²) in [6.07, 6.45) is 4.89. The molecule has 106 valence electrons. The van der Waals surface area contributed by atoms with Crippen LogP contribution in [-0.2, 0) is 0 Å². The average molecular weight is 303 g/mol. The first-order valence-corrected chi connectivity index (χ1v) is 7.50. The Balaban J connectivity index is 1.92. The highest BCUT2D eigenvalue weighted by Gasteiger charge is 2.16. The third kappa shape index (κ3) is 4.16. The molecule has 1 fully saturated rings. The van der Waals surface area contributed by atoms with Gasteiger partial charge in [0, 0.05) is 17.8 Å². The fraction of sp³-hybridized carbons (Fsp3) is 0.571. The second-order valence-electron chi connectivity index (χ2n) is 5.22. The van der Waals surface area contributed by atoms with Crippen molar-refractivity contribution in [3.63, 3.8) is 0 Å². The molecule has 0 amide bonds. The molecule has 0 radical (unpaired) electrons. The number of phenols is 1. The van der Waals surface area contributed by atoms with Crippen LogP contribution in [0.1, 0.15) is 32.6 Å². The Bertz CT molecular complexity index is 410. The summed E-state index contributed by atoms with van der Waals surface area (Å²) in [5.74, 6) is -0.0597. The van der Waals surface area contributed by atoms with Crippen molar-refractivity contribution < 1.29 is 5.11 Å². The van der Waals surface area contributed by atoms with Gasteiger partial charge in [0.15, 0.2) is 5.75 Å². The molecule has 0 saturated carbocycles. The number of nitrogens with one attached hydrogen (secondary N) is 2. The van der Waals surface area contributed by atoms with E-state index in [4.69, 9.17) is 23.2 Å². The van der Waals surface area contributed by atoms with E-state index in [1.807, 2.05) is 0 Å². The van der Waals surface area contributed by atoms with Crippen LogP contribution in [0.4, 0.5) is 5.69 Å². The van der Waals surface area contributed by atoms with Crippen molar-refractivity contribution in [2.75, 3.05) is 11.9 Å². The van der Waals surface area contributed by atoms with Crippen LogP contribution in [0.15, 0.2) is 12.1 Å². The van der Waals surface area contributed by atoms with Gasteiger partial charge in [-0.3, -0.25) is 0 Å². The van der Waals surface area contributed by atoms with Gasteiger partial charge in [0.05, 0.1) is 10.0 Å². The summed E-state index contributed by atoms with van der Waals surface area (Å²) in [4.78, 5) is 0. The van der Waals surface area contributed by atoms with Crippen LogP contribution in [0.2, 0.25) is 10.0 Å². The summed E-state index contributed by atoms with van der Waals surface area (Å²) < 4.78 is 0. The molecule has 0 aromatic heterocycles. The molecule has 0 aliphatic carbocycles. The summed E-state index contributed by atoms with van der Waals surface area (Å²) in [7, 11) is 0. The van der Waals surface area contributed by atoms with Crippen LogP contribution in [0.25, 0.3) is 0 Å². The molecule has 1 heterocycles. The molecule has 2 rings (SSSR count). The highest BCUT2D eigenvalue weighted by atomic mass is 35.5. The van der Waals surface area contributed by atoms with E-state index < -0.39 is 0 Å². The molecule has 2 unspecified atom stereocenters. The van der Waals surface area contributed by atoms with Gasteiger partial charge in [-0.05, 0) is 44.9 Å². The van der Waals surface area contributed by atoms with E-state index in [1.54, 1.807) is 12.1 Å². The Morgan fingerprint density at radius 1 is 1.37 bits per heavy atom. The van der Waals surface area contributed by atoms with Gasteiger partial charge in [-0.2, -0.15) is 0 Å². The predicted octanol–water partition coefficient (Wildman–Crippen LogP) is 4.03. The number of hydrogen-bond donors (Lipinski definition) is 3. The van der Waals surface area contributed by atoms with Gasteiger partial charge < -0.3 is 15.7 Å². The fourth-order valence-corrected chi connectivity index (χ4v) is 3.03. The molecule has 1 aliphatic heterocycles. The monoisotopic (exact) mass is 302 g/mol. The highest BCUT2D eigenvalue weighted by molar-refractivity contribution is 6.37. The molecular weight excluding hydrogens is 283 g/mol. The minimum absolute atomic E-state index is 0.0597. The van der Waals surface area contributed by atoms with Gasteiger partial charge in [0.25, 0.3) is 0 Å².